The summed E-state index contributed by atoms with van der Waals surface area (Å²) in [7, 11) is -0.683. The molecule has 0 aromatic carbocycles. The summed E-state index contributed by atoms with van der Waals surface area (Å²) in [6, 6.07) is 0. The maximum atomic E-state index is 11.2. The average Bonchev–Trinajstić information content (AvgIpc) is 2.12. The number of hydrogen-bond acceptors (Lipinski definition) is 5. The molecule has 0 saturated carbocycles. The van der Waals surface area contributed by atoms with Crippen molar-refractivity contribution in [3.63, 3.8) is 0 Å². The first kappa shape index (κ1) is 12.1. The van der Waals surface area contributed by atoms with E-state index in [0.29, 0.717) is 13.2 Å². The third-order valence-corrected chi connectivity index (χ3v) is 2.62. The predicted octanol–water partition coefficient (Wildman–Crippen LogP) is 1.01. The largest absolute Gasteiger partial charge is 0.474 e. The summed E-state index contributed by atoms with van der Waals surface area (Å²) >= 11 is 0. The highest BCUT2D eigenvalue weighted by atomic mass is 31.2. The minimum absolute atomic E-state index is 0.312. The molecule has 0 aliphatic heterocycles. The van der Waals surface area contributed by atoms with Crippen LogP contribution in [0.15, 0.2) is 0 Å². The van der Waals surface area contributed by atoms with Gasteiger partial charge in [-0.2, -0.15) is 0 Å². The molecule has 0 aromatic heterocycles. The first-order valence-electron chi connectivity index (χ1n) is 3.75. The molecule has 12 heavy (non-hydrogen) atoms. The fraction of sp³-hybridized carbons (Fsp3) is 1.00. The van der Waals surface area contributed by atoms with Crippen molar-refractivity contribution in [3.05, 3.63) is 0 Å². The van der Waals surface area contributed by atoms with E-state index in [1.807, 2.05) is 6.92 Å². The molecule has 0 aliphatic carbocycles. The predicted molar refractivity (Wildman–Crippen MR) is 46.1 cm³/mol. The first-order valence-corrected chi connectivity index (χ1v) is 5.21. The molecular formula is C6H16NO4P. The van der Waals surface area contributed by atoms with Crippen LogP contribution in [0.5, 0.6) is 0 Å². The van der Waals surface area contributed by atoms with Gasteiger partial charge in [-0.15, -0.1) is 0 Å². The standard InChI is InChI=1S/C6H16NO4P/c1-4-7-5-6-11-12(8,9-2)10-3/h7H,4-6H2,1-3H3. The molecule has 1 N–H and O–H groups in total. The molecule has 0 radical (unpaired) electrons. The highest BCUT2D eigenvalue weighted by molar-refractivity contribution is 7.48. The second kappa shape index (κ2) is 6.57. The monoisotopic (exact) mass is 197 g/mol. The van der Waals surface area contributed by atoms with Gasteiger partial charge in [0.1, 0.15) is 0 Å². The van der Waals surface area contributed by atoms with Crippen LogP contribution in [0.1, 0.15) is 6.92 Å². The van der Waals surface area contributed by atoms with E-state index in [0.717, 1.165) is 6.54 Å². The summed E-state index contributed by atoms with van der Waals surface area (Å²) in [4.78, 5) is 0. The molecule has 0 aromatic rings. The van der Waals surface area contributed by atoms with Gasteiger partial charge < -0.3 is 5.32 Å². The molecule has 0 atom stereocenters. The molecule has 0 aliphatic rings. The number of likely N-dealkylation sites (N-methyl/N-ethyl adjacent to an activating group) is 1. The normalized spacial score (nSPS) is 11.9. The number of nitrogens with one attached hydrogen (secondary N) is 1. The smallest absolute Gasteiger partial charge is 0.315 e. The molecule has 5 nitrogen and oxygen atoms in total. The summed E-state index contributed by atoms with van der Waals surface area (Å²) in [5.41, 5.74) is 0. The zero-order valence-corrected chi connectivity index (χ0v) is 8.60. The summed E-state index contributed by atoms with van der Waals surface area (Å²) in [6.07, 6.45) is 0. The maximum Gasteiger partial charge on any atom is 0.474 e. The SMILES string of the molecule is CCNCCOP(=O)(OC)OC. The lowest BCUT2D eigenvalue weighted by Gasteiger charge is -2.12. The van der Waals surface area contributed by atoms with E-state index >= 15 is 0 Å². The van der Waals surface area contributed by atoms with Crippen molar-refractivity contribution in [1.29, 1.82) is 0 Å². The van der Waals surface area contributed by atoms with Crippen molar-refractivity contribution >= 4 is 7.82 Å². The highest BCUT2D eigenvalue weighted by Crippen LogP contribution is 2.47. The topological polar surface area (TPSA) is 56.8 Å². The lowest BCUT2D eigenvalue weighted by Crippen LogP contribution is -2.18. The third-order valence-electron chi connectivity index (χ3n) is 1.23. The minimum atomic E-state index is -3.26. The molecule has 6 heteroatoms. The van der Waals surface area contributed by atoms with Crippen molar-refractivity contribution < 1.29 is 18.1 Å². The molecule has 0 rings (SSSR count). The molecule has 0 saturated heterocycles. The lowest BCUT2D eigenvalue weighted by atomic mass is 10.6. The number of phosphoric acid groups is 1. The molecule has 0 amide bonds. The van der Waals surface area contributed by atoms with Gasteiger partial charge in [-0.05, 0) is 6.54 Å². The second-order valence-electron chi connectivity index (χ2n) is 2.00. The van der Waals surface area contributed by atoms with Gasteiger partial charge >= 0.3 is 7.82 Å². The molecular weight excluding hydrogens is 181 g/mol. The maximum absolute atomic E-state index is 11.2. The van der Waals surface area contributed by atoms with E-state index in [-0.39, 0.29) is 0 Å². The van der Waals surface area contributed by atoms with E-state index in [1.165, 1.54) is 14.2 Å². The van der Waals surface area contributed by atoms with Crippen molar-refractivity contribution in [2.45, 2.75) is 6.92 Å². The van der Waals surface area contributed by atoms with Gasteiger partial charge in [0.2, 0.25) is 0 Å². The second-order valence-corrected chi connectivity index (χ2v) is 3.88. The Morgan fingerprint density at radius 2 is 1.92 bits per heavy atom. The van der Waals surface area contributed by atoms with Gasteiger partial charge in [0, 0.05) is 20.8 Å². The summed E-state index contributed by atoms with van der Waals surface area (Å²) < 4.78 is 25.2. The number of phosphoric ester groups is 1. The summed E-state index contributed by atoms with van der Waals surface area (Å²) in [6.45, 7) is 3.78. The first-order chi connectivity index (χ1) is 5.68. The van der Waals surface area contributed by atoms with Crippen LogP contribution >= 0.6 is 7.82 Å². The van der Waals surface area contributed by atoms with Crippen LogP contribution < -0.4 is 5.32 Å². The number of hydrogen-bond donors (Lipinski definition) is 1. The molecule has 74 valence electrons. The molecule has 0 heterocycles. The number of rotatable bonds is 7. The molecule has 0 fully saturated rings. The van der Waals surface area contributed by atoms with E-state index in [4.69, 9.17) is 4.52 Å². The zero-order valence-electron chi connectivity index (χ0n) is 7.70. The summed E-state index contributed by atoms with van der Waals surface area (Å²) in [5.74, 6) is 0. The van der Waals surface area contributed by atoms with Crippen LogP contribution in [0.25, 0.3) is 0 Å². The van der Waals surface area contributed by atoms with Crippen molar-refractivity contribution in [2.24, 2.45) is 0 Å². The Morgan fingerprint density at radius 3 is 2.33 bits per heavy atom. The van der Waals surface area contributed by atoms with Crippen LogP contribution in [0.2, 0.25) is 0 Å². The molecule has 0 unspecified atom stereocenters. The van der Waals surface area contributed by atoms with Gasteiger partial charge in [-0.25, -0.2) is 4.57 Å². The van der Waals surface area contributed by atoms with E-state index in [9.17, 15) is 4.57 Å². The van der Waals surface area contributed by atoms with Crippen LogP contribution in [0, 0.1) is 0 Å². The Balaban J connectivity index is 3.52. The fourth-order valence-corrected chi connectivity index (χ4v) is 1.26. The van der Waals surface area contributed by atoms with E-state index < -0.39 is 7.82 Å². The van der Waals surface area contributed by atoms with Crippen LogP contribution in [-0.4, -0.2) is 33.9 Å². The lowest BCUT2D eigenvalue weighted by molar-refractivity contribution is 0.153. The minimum Gasteiger partial charge on any atom is -0.315 e. The zero-order chi connectivity index (χ0) is 9.45. The third kappa shape index (κ3) is 4.85. The van der Waals surface area contributed by atoms with Crippen molar-refractivity contribution in [3.8, 4) is 0 Å². The van der Waals surface area contributed by atoms with Gasteiger partial charge in [-0.3, -0.25) is 13.6 Å². The van der Waals surface area contributed by atoms with Crippen LogP contribution in [-0.2, 0) is 18.1 Å². The fourth-order valence-electron chi connectivity index (χ4n) is 0.586. The molecule has 0 spiro atoms. The van der Waals surface area contributed by atoms with Crippen LogP contribution in [0.3, 0.4) is 0 Å². The van der Waals surface area contributed by atoms with Gasteiger partial charge in [0.05, 0.1) is 6.61 Å². The summed E-state index contributed by atoms with van der Waals surface area (Å²) in [5, 5.41) is 3.01. The van der Waals surface area contributed by atoms with Crippen molar-refractivity contribution in [2.75, 3.05) is 33.9 Å². The quantitative estimate of drug-likeness (QED) is 0.487. The Morgan fingerprint density at radius 1 is 1.33 bits per heavy atom. The van der Waals surface area contributed by atoms with Crippen molar-refractivity contribution in [1.82, 2.24) is 5.32 Å². The van der Waals surface area contributed by atoms with E-state index in [2.05, 4.69) is 14.4 Å². The Labute approximate surface area is 73.0 Å². The Hall–Kier alpha value is 0.0700. The molecule has 0 bridgehead atoms. The Bertz CT molecular complexity index is 144. The highest BCUT2D eigenvalue weighted by Gasteiger charge is 2.21. The van der Waals surface area contributed by atoms with E-state index in [1.54, 1.807) is 0 Å². The van der Waals surface area contributed by atoms with Gasteiger partial charge in [0.15, 0.2) is 0 Å². The van der Waals surface area contributed by atoms with Gasteiger partial charge in [0.25, 0.3) is 0 Å². The van der Waals surface area contributed by atoms with Crippen LogP contribution in [0.4, 0.5) is 0 Å². The Kier molecular flexibility index (Phi) is 6.61. The van der Waals surface area contributed by atoms with Gasteiger partial charge in [-0.1, -0.05) is 6.92 Å². The average molecular weight is 197 g/mol.